The highest BCUT2D eigenvalue weighted by atomic mass is 19.4. The van der Waals surface area contributed by atoms with Crippen molar-refractivity contribution in [1.82, 2.24) is 26.1 Å². The van der Waals surface area contributed by atoms with Crippen molar-refractivity contribution >= 4 is 0 Å². The summed E-state index contributed by atoms with van der Waals surface area (Å²) in [5, 5.41) is 13.7. The summed E-state index contributed by atoms with van der Waals surface area (Å²) in [5.74, 6) is 0.972. The van der Waals surface area contributed by atoms with E-state index < -0.39 is 12.5 Å². The molecule has 2 N–H and O–H groups in total. The summed E-state index contributed by atoms with van der Waals surface area (Å²) in [6.45, 7) is 0. The van der Waals surface area contributed by atoms with Gasteiger partial charge in [0.05, 0.1) is 0 Å². The van der Waals surface area contributed by atoms with Gasteiger partial charge in [0.15, 0.2) is 0 Å². The van der Waals surface area contributed by atoms with Gasteiger partial charge in [-0.25, -0.2) is 5.48 Å². The second-order valence-corrected chi connectivity index (χ2v) is 5.65. The van der Waals surface area contributed by atoms with Crippen LogP contribution in [0.4, 0.5) is 13.2 Å². The van der Waals surface area contributed by atoms with Gasteiger partial charge in [0.1, 0.15) is 17.6 Å². The molecule has 0 fully saturated rings. The molecule has 2 aromatic carbocycles. The molecule has 2 heterocycles. The average molecular weight is 391 g/mol. The molecule has 8 nitrogen and oxygen atoms in total. The van der Waals surface area contributed by atoms with Crippen molar-refractivity contribution in [3.63, 3.8) is 0 Å². The van der Waals surface area contributed by atoms with Crippen LogP contribution in [0.1, 0.15) is 11.7 Å². The lowest BCUT2D eigenvalue weighted by atomic mass is 10.1. The molecule has 0 bridgehead atoms. The number of alkyl halides is 3. The van der Waals surface area contributed by atoms with Gasteiger partial charge < -0.3 is 9.47 Å². The monoisotopic (exact) mass is 391 g/mol. The third kappa shape index (κ3) is 4.20. The second-order valence-electron chi connectivity index (χ2n) is 5.65. The fourth-order valence-corrected chi connectivity index (χ4v) is 2.52. The van der Waals surface area contributed by atoms with Gasteiger partial charge in [-0.2, -0.15) is 5.21 Å². The second kappa shape index (κ2) is 7.19. The molecule has 144 valence electrons. The van der Waals surface area contributed by atoms with Crippen LogP contribution >= 0.6 is 0 Å². The first-order chi connectivity index (χ1) is 13.5. The van der Waals surface area contributed by atoms with Crippen LogP contribution in [0.3, 0.4) is 0 Å². The Bertz CT molecular complexity index is 974. The minimum atomic E-state index is -4.73. The van der Waals surface area contributed by atoms with Crippen molar-refractivity contribution in [2.24, 2.45) is 0 Å². The van der Waals surface area contributed by atoms with Gasteiger partial charge >= 0.3 is 6.36 Å². The SMILES string of the molecule is FC(F)(F)Oc1ccc(C2C=C(Oc3cccc(-c4nn[nH]n4)c3)NO2)cc1. The molecule has 4 rings (SSSR count). The lowest BCUT2D eigenvalue weighted by Crippen LogP contribution is -2.17. The van der Waals surface area contributed by atoms with Gasteiger partial charge in [-0.1, -0.05) is 24.3 Å². The summed E-state index contributed by atoms with van der Waals surface area (Å²) in [6.07, 6.45) is -3.61. The number of aromatic nitrogens is 4. The number of hydrogen-bond donors (Lipinski definition) is 2. The Labute approximate surface area is 155 Å². The molecular formula is C17H12F3N5O3. The van der Waals surface area contributed by atoms with Gasteiger partial charge in [0, 0.05) is 11.6 Å². The van der Waals surface area contributed by atoms with Gasteiger partial charge in [-0.15, -0.1) is 23.4 Å². The zero-order valence-electron chi connectivity index (χ0n) is 14.0. The predicted octanol–water partition coefficient (Wildman–Crippen LogP) is 3.26. The number of rotatable bonds is 5. The zero-order valence-corrected chi connectivity index (χ0v) is 14.0. The highest BCUT2D eigenvalue weighted by Gasteiger charge is 2.31. The zero-order chi connectivity index (χ0) is 19.6. The Kier molecular flexibility index (Phi) is 4.57. The molecule has 1 aromatic heterocycles. The number of nitrogens with zero attached hydrogens (tertiary/aromatic N) is 3. The van der Waals surface area contributed by atoms with E-state index in [2.05, 4.69) is 30.8 Å². The van der Waals surface area contributed by atoms with Gasteiger partial charge in [-0.05, 0) is 35.0 Å². The van der Waals surface area contributed by atoms with E-state index in [1.807, 2.05) is 0 Å². The molecule has 0 saturated carbocycles. The molecule has 1 aliphatic rings. The number of H-pyrrole nitrogens is 1. The highest BCUT2D eigenvalue weighted by molar-refractivity contribution is 5.56. The van der Waals surface area contributed by atoms with Crippen LogP contribution in [0.5, 0.6) is 11.5 Å². The van der Waals surface area contributed by atoms with Crippen molar-refractivity contribution in [2.45, 2.75) is 12.5 Å². The van der Waals surface area contributed by atoms with Crippen LogP contribution in [-0.2, 0) is 4.84 Å². The summed E-state index contributed by atoms with van der Waals surface area (Å²) in [6, 6.07) is 12.4. The Morgan fingerprint density at radius 3 is 2.57 bits per heavy atom. The van der Waals surface area contributed by atoms with E-state index in [1.165, 1.54) is 24.3 Å². The summed E-state index contributed by atoms with van der Waals surface area (Å²) < 4.78 is 46.2. The largest absolute Gasteiger partial charge is 0.573 e. The Morgan fingerprint density at radius 1 is 1.04 bits per heavy atom. The van der Waals surface area contributed by atoms with E-state index in [0.29, 0.717) is 28.6 Å². The Hall–Kier alpha value is -3.60. The van der Waals surface area contributed by atoms with E-state index in [4.69, 9.17) is 9.57 Å². The molecular weight excluding hydrogens is 379 g/mol. The van der Waals surface area contributed by atoms with Crippen LogP contribution < -0.4 is 15.0 Å². The van der Waals surface area contributed by atoms with Crippen molar-refractivity contribution in [1.29, 1.82) is 0 Å². The van der Waals surface area contributed by atoms with Gasteiger partial charge in [0.2, 0.25) is 11.7 Å². The smallest absolute Gasteiger partial charge is 0.439 e. The van der Waals surface area contributed by atoms with Gasteiger partial charge in [-0.3, -0.25) is 4.84 Å². The first-order valence-electron chi connectivity index (χ1n) is 7.97. The normalized spacial score (nSPS) is 16.4. The van der Waals surface area contributed by atoms with E-state index in [1.54, 1.807) is 30.3 Å². The molecule has 1 unspecified atom stereocenters. The van der Waals surface area contributed by atoms with Crippen LogP contribution in [0.15, 0.2) is 60.5 Å². The molecule has 11 heteroatoms. The standard InChI is InChI=1S/C17H12F3N5O3/c18-17(19,20)27-12-6-4-10(5-7-12)14-9-15(23-28-14)26-13-3-1-2-11(8-13)16-21-24-25-22-16/h1-9,14,23H,(H,21,22,24,25). The fraction of sp³-hybridized carbons (Fsp3) is 0.118. The molecule has 0 radical (unpaired) electrons. The minimum Gasteiger partial charge on any atom is -0.439 e. The van der Waals surface area contributed by atoms with E-state index >= 15 is 0 Å². The number of nitrogens with one attached hydrogen (secondary N) is 2. The number of aromatic amines is 1. The fourth-order valence-electron chi connectivity index (χ4n) is 2.52. The van der Waals surface area contributed by atoms with E-state index in [9.17, 15) is 13.2 Å². The number of benzene rings is 2. The molecule has 28 heavy (non-hydrogen) atoms. The van der Waals surface area contributed by atoms with Gasteiger partial charge in [0.25, 0.3) is 0 Å². The molecule has 0 aliphatic carbocycles. The summed E-state index contributed by atoms with van der Waals surface area (Å²) in [4.78, 5) is 5.40. The number of ether oxygens (including phenoxy) is 2. The highest BCUT2D eigenvalue weighted by Crippen LogP contribution is 2.29. The van der Waals surface area contributed by atoms with Crippen molar-refractivity contribution in [3.8, 4) is 22.9 Å². The average Bonchev–Trinajstić information content (AvgIpc) is 3.33. The molecule has 0 amide bonds. The summed E-state index contributed by atoms with van der Waals surface area (Å²) in [7, 11) is 0. The molecule has 0 saturated heterocycles. The van der Waals surface area contributed by atoms with Crippen molar-refractivity contribution in [3.05, 3.63) is 66.1 Å². The first kappa shape index (κ1) is 17.8. The Balaban J connectivity index is 1.44. The number of tetrazole rings is 1. The van der Waals surface area contributed by atoms with Crippen LogP contribution in [0.25, 0.3) is 11.4 Å². The lowest BCUT2D eigenvalue weighted by Gasteiger charge is -2.11. The quantitative estimate of drug-likeness (QED) is 0.689. The van der Waals surface area contributed by atoms with Crippen LogP contribution in [0.2, 0.25) is 0 Å². The summed E-state index contributed by atoms with van der Waals surface area (Å²) in [5.41, 5.74) is 3.98. The molecule has 1 aliphatic heterocycles. The summed E-state index contributed by atoms with van der Waals surface area (Å²) >= 11 is 0. The maximum absolute atomic E-state index is 12.2. The topological polar surface area (TPSA) is 94.2 Å². The first-order valence-corrected chi connectivity index (χ1v) is 7.97. The third-order valence-electron chi connectivity index (χ3n) is 3.70. The molecule has 1 atom stereocenters. The molecule has 0 spiro atoms. The maximum Gasteiger partial charge on any atom is 0.573 e. The number of hydroxylamine groups is 1. The van der Waals surface area contributed by atoms with Crippen LogP contribution in [0, 0.1) is 0 Å². The molecule has 3 aromatic rings. The Morgan fingerprint density at radius 2 is 1.86 bits per heavy atom. The van der Waals surface area contributed by atoms with Crippen LogP contribution in [-0.4, -0.2) is 27.0 Å². The number of hydrogen-bond acceptors (Lipinski definition) is 7. The van der Waals surface area contributed by atoms with E-state index in [0.717, 1.165) is 0 Å². The van der Waals surface area contributed by atoms with E-state index in [-0.39, 0.29) is 5.75 Å². The maximum atomic E-state index is 12.2. The van der Waals surface area contributed by atoms with Crippen molar-refractivity contribution < 1.29 is 27.5 Å². The lowest BCUT2D eigenvalue weighted by molar-refractivity contribution is -0.274. The third-order valence-corrected chi connectivity index (χ3v) is 3.70. The number of halogens is 3. The predicted molar refractivity (Wildman–Crippen MR) is 88.4 cm³/mol. The van der Waals surface area contributed by atoms with Crippen molar-refractivity contribution in [2.75, 3.05) is 0 Å². The minimum absolute atomic E-state index is 0.305.